The number of carboxylic acid groups (broad SMARTS) is 1. The first kappa shape index (κ1) is 16.5. The number of nitrogen functional groups attached to an aromatic ring is 1. The molecule has 8 heteroatoms. The third kappa shape index (κ3) is 5.13. The van der Waals surface area contributed by atoms with Gasteiger partial charge < -0.3 is 15.9 Å². The highest BCUT2D eigenvalue weighted by Crippen LogP contribution is 2.14. The molecule has 0 aliphatic heterocycles. The van der Waals surface area contributed by atoms with Crippen LogP contribution in [0, 0.1) is 0 Å². The molecular weight excluding hydrogens is 298 g/mol. The maximum atomic E-state index is 10.5. The van der Waals surface area contributed by atoms with Crippen LogP contribution in [0.5, 0.6) is 5.75 Å². The largest absolute Gasteiger partial charge is 0.507 e. The van der Waals surface area contributed by atoms with Crippen molar-refractivity contribution in [2.45, 2.75) is 4.90 Å². The first-order chi connectivity index (χ1) is 9.71. The predicted molar refractivity (Wildman–Crippen MR) is 75.7 cm³/mol. The highest BCUT2D eigenvalue weighted by molar-refractivity contribution is 7.85. The minimum absolute atomic E-state index is 0.0671. The number of hydrogen-bond acceptors (Lipinski definition) is 5. The molecule has 0 saturated carbocycles. The standard InChI is InChI=1S/C7H6O3.C6H7NO3S/c8-6-4-2-1-3-5(6)7(9)10;7-5-1-3-6(4-2-5)11(8,9)10/h1-4,8H,(H,9,10);1-4H,7H2,(H,8,9,10). The predicted octanol–water partition coefficient (Wildman–Crippen LogP) is 1.61. The summed E-state index contributed by atoms with van der Waals surface area (Å²) < 4.78 is 29.4. The van der Waals surface area contributed by atoms with E-state index < -0.39 is 16.1 Å². The Balaban J connectivity index is 0.000000211. The number of carbonyl (C=O) groups is 1. The lowest BCUT2D eigenvalue weighted by Gasteiger charge is -1.95. The number of para-hydroxylation sites is 1. The first-order valence-corrected chi connectivity index (χ1v) is 7.00. The number of aromatic carboxylic acids is 1. The number of aromatic hydroxyl groups is 1. The molecule has 0 heterocycles. The minimum atomic E-state index is -4.08. The van der Waals surface area contributed by atoms with E-state index in [9.17, 15) is 13.2 Å². The van der Waals surface area contributed by atoms with Crippen LogP contribution in [0.1, 0.15) is 10.4 Å². The van der Waals surface area contributed by atoms with Gasteiger partial charge in [-0.3, -0.25) is 4.55 Å². The van der Waals surface area contributed by atoms with Crippen molar-refractivity contribution < 1.29 is 28.0 Å². The molecular formula is C13H13NO6S. The second-order valence-corrected chi connectivity index (χ2v) is 5.29. The van der Waals surface area contributed by atoms with Gasteiger partial charge in [-0.05, 0) is 36.4 Å². The molecule has 0 radical (unpaired) electrons. The number of phenols is 1. The van der Waals surface area contributed by atoms with Gasteiger partial charge >= 0.3 is 5.97 Å². The van der Waals surface area contributed by atoms with Gasteiger partial charge in [0.15, 0.2) is 0 Å². The summed E-state index contributed by atoms with van der Waals surface area (Å²) in [6.07, 6.45) is 0. The molecule has 0 saturated heterocycles. The Morgan fingerprint density at radius 2 is 1.52 bits per heavy atom. The van der Waals surface area contributed by atoms with Crippen molar-refractivity contribution in [1.29, 1.82) is 0 Å². The molecule has 0 aromatic heterocycles. The van der Waals surface area contributed by atoms with E-state index in [4.69, 9.17) is 20.5 Å². The fourth-order valence-electron chi connectivity index (χ4n) is 1.29. The van der Waals surface area contributed by atoms with Crippen molar-refractivity contribution in [3.05, 3.63) is 54.1 Å². The molecule has 0 fully saturated rings. The van der Waals surface area contributed by atoms with Gasteiger partial charge in [-0.15, -0.1) is 0 Å². The van der Waals surface area contributed by atoms with Crippen molar-refractivity contribution >= 4 is 21.8 Å². The summed E-state index contributed by atoms with van der Waals surface area (Å²) in [7, 11) is -4.08. The van der Waals surface area contributed by atoms with Gasteiger partial charge in [0.2, 0.25) is 0 Å². The van der Waals surface area contributed by atoms with E-state index in [0.717, 1.165) is 0 Å². The lowest BCUT2D eigenvalue weighted by Crippen LogP contribution is -1.97. The Morgan fingerprint density at radius 1 is 1.00 bits per heavy atom. The van der Waals surface area contributed by atoms with Crippen LogP contribution in [0.4, 0.5) is 5.69 Å². The SMILES string of the molecule is Nc1ccc(S(=O)(=O)O)cc1.O=C(O)c1ccccc1O. The maximum Gasteiger partial charge on any atom is 0.339 e. The molecule has 2 aromatic carbocycles. The summed E-state index contributed by atoms with van der Waals surface area (Å²) in [6.45, 7) is 0. The zero-order chi connectivity index (χ0) is 16.0. The monoisotopic (exact) mass is 311 g/mol. The summed E-state index contributed by atoms with van der Waals surface area (Å²) >= 11 is 0. The van der Waals surface area contributed by atoms with Gasteiger partial charge in [-0.25, -0.2) is 4.79 Å². The molecule has 21 heavy (non-hydrogen) atoms. The van der Waals surface area contributed by atoms with Crippen LogP contribution < -0.4 is 5.73 Å². The third-order valence-corrected chi connectivity index (χ3v) is 3.18. The van der Waals surface area contributed by atoms with Crippen LogP contribution in [-0.4, -0.2) is 29.2 Å². The second kappa shape index (κ2) is 6.73. The Bertz CT molecular complexity index is 725. The Hall–Kier alpha value is -2.58. The van der Waals surface area contributed by atoms with Gasteiger partial charge in [0.1, 0.15) is 11.3 Å². The third-order valence-electron chi connectivity index (χ3n) is 2.31. The van der Waals surface area contributed by atoms with E-state index in [1.165, 1.54) is 36.4 Å². The van der Waals surface area contributed by atoms with Crippen molar-refractivity contribution in [1.82, 2.24) is 0 Å². The summed E-state index contributed by atoms with van der Waals surface area (Å²) in [4.78, 5) is 10.1. The van der Waals surface area contributed by atoms with Crippen LogP contribution >= 0.6 is 0 Å². The number of anilines is 1. The highest BCUT2D eigenvalue weighted by Gasteiger charge is 2.07. The molecule has 7 nitrogen and oxygen atoms in total. The molecule has 0 unspecified atom stereocenters. The van der Waals surface area contributed by atoms with Gasteiger partial charge in [0.05, 0.1) is 4.90 Å². The van der Waals surface area contributed by atoms with Gasteiger partial charge in [-0.2, -0.15) is 8.42 Å². The zero-order valence-electron chi connectivity index (χ0n) is 10.7. The average molecular weight is 311 g/mol. The Labute approximate surface area is 121 Å². The van der Waals surface area contributed by atoms with Crippen LogP contribution in [-0.2, 0) is 10.1 Å². The van der Waals surface area contributed by atoms with E-state index in [-0.39, 0.29) is 16.2 Å². The van der Waals surface area contributed by atoms with E-state index in [1.54, 1.807) is 12.1 Å². The number of rotatable bonds is 2. The molecule has 2 aromatic rings. The number of benzene rings is 2. The van der Waals surface area contributed by atoms with E-state index in [0.29, 0.717) is 5.69 Å². The van der Waals surface area contributed by atoms with Crippen LogP contribution in [0.25, 0.3) is 0 Å². The smallest absolute Gasteiger partial charge is 0.339 e. The summed E-state index contributed by atoms with van der Waals surface area (Å²) in [6, 6.07) is 11.1. The van der Waals surface area contributed by atoms with Crippen molar-refractivity contribution in [3.8, 4) is 5.75 Å². The molecule has 0 atom stereocenters. The molecule has 0 amide bonds. The topological polar surface area (TPSA) is 138 Å². The second-order valence-electron chi connectivity index (χ2n) is 3.87. The number of carboxylic acids is 1. The average Bonchev–Trinajstić information content (AvgIpc) is 2.39. The summed E-state index contributed by atoms with van der Waals surface area (Å²) in [5.41, 5.74) is 5.68. The zero-order valence-corrected chi connectivity index (χ0v) is 11.5. The van der Waals surface area contributed by atoms with Gasteiger partial charge in [0, 0.05) is 5.69 Å². The van der Waals surface area contributed by atoms with E-state index in [2.05, 4.69) is 0 Å². The first-order valence-electron chi connectivity index (χ1n) is 5.56. The summed E-state index contributed by atoms with van der Waals surface area (Å²) in [5.74, 6) is -1.31. The molecule has 0 aliphatic carbocycles. The molecule has 5 N–H and O–H groups in total. The molecule has 0 bridgehead atoms. The minimum Gasteiger partial charge on any atom is -0.507 e. The summed E-state index contributed by atoms with van der Waals surface area (Å²) in [5, 5.41) is 17.3. The molecule has 0 aliphatic rings. The normalized spacial score (nSPS) is 10.3. The maximum absolute atomic E-state index is 10.5. The fourth-order valence-corrected chi connectivity index (χ4v) is 1.77. The van der Waals surface area contributed by atoms with Crippen molar-refractivity contribution in [2.24, 2.45) is 0 Å². The fraction of sp³-hybridized carbons (Fsp3) is 0. The lowest BCUT2D eigenvalue weighted by atomic mass is 10.2. The van der Waals surface area contributed by atoms with Gasteiger partial charge in [0.25, 0.3) is 10.1 Å². The van der Waals surface area contributed by atoms with Crippen LogP contribution in [0.2, 0.25) is 0 Å². The lowest BCUT2D eigenvalue weighted by molar-refractivity contribution is 0.0693. The van der Waals surface area contributed by atoms with Gasteiger partial charge in [-0.1, -0.05) is 12.1 Å². The van der Waals surface area contributed by atoms with E-state index in [1.807, 2.05) is 0 Å². The van der Waals surface area contributed by atoms with E-state index >= 15 is 0 Å². The molecule has 0 spiro atoms. The van der Waals surface area contributed by atoms with Crippen molar-refractivity contribution in [2.75, 3.05) is 5.73 Å². The number of nitrogens with two attached hydrogens (primary N) is 1. The quantitative estimate of drug-likeness (QED) is 0.488. The van der Waals surface area contributed by atoms with Crippen LogP contribution in [0.15, 0.2) is 53.4 Å². The van der Waals surface area contributed by atoms with Crippen molar-refractivity contribution in [3.63, 3.8) is 0 Å². The van der Waals surface area contributed by atoms with Crippen LogP contribution in [0.3, 0.4) is 0 Å². The highest BCUT2D eigenvalue weighted by atomic mass is 32.2. The molecule has 112 valence electrons. The molecule has 2 rings (SSSR count). The Kier molecular flexibility index (Phi) is 5.28. The Morgan fingerprint density at radius 3 is 1.90 bits per heavy atom. The number of hydrogen-bond donors (Lipinski definition) is 4.